The van der Waals surface area contributed by atoms with Crippen molar-refractivity contribution >= 4 is 27.5 Å². The van der Waals surface area contributed by atoms with Crippen LogP contribution in [0.3, 0.4) is 0 Å². The summed E-state index contributed by atoms with van der Waals surface area (Å²) >= 11 is 3.34. The average Bonchev–Trinajstić information content (AvgIpc) is 2.86. The Morgan fingerprint density at radius 2 is 2.11 bits per heavy atom. The largest absolute Gasteiger partial charge is 0.398 e. The average molecular weight is 311 g/mol. The third-order valence-electron chi connectivity index (χ3n) is 3.73. The number of nitrogens with two attached hydrogens (primary N) is 1. The van der Waals surface area contributed by atoms with Gasteiger partial charge in [0.25, 0.3) is 5.91 Å². The van der Waals surface area contributed by atoms with E-state index in [-0.39, 0.29) is 11.9 Å². The summed E-state index contributed by atoms with van der Waals surface area (Å²) in [5.74, 6) is 0.612. The van der Waals surface area contributed by atoms with Gasteiger partial charge in [0.2, 0.25) is 0 Å². The van der Waals surface area contributed by atoms with Crippen molar-refractivity contribution in [3.05, 3.63) is 28.2 Å². The second kappa shape index (κ2) is 5.74. The highest BCUT2D eigenvalue weighted by atomic mass is 79.9. The van der Waals surface area contributed by atoms with Crippen LogP contribution < -0.4 is 11.1 Å². The van der Waals surface area contributed by atoms with E-state index in [0.29, 0.717) is 17.2 Å². The highest BCUT2D eigenvalue weighted by molar-refractivity contribution is 9.10. The molecule has 1 aliphatic rings. The lowest BCUT2D eigenvalue weighted by atomic mass is 9.99. The van der Waals surface area contributed by atoms with Gasteiger partial charge >= 0.3 is 0 Å². The minimum absolute atomic E-state index is 0.0184. The lowest BCUT2D eigenvalue weighted by Crippen LogP contribution is -2.37. The Morgan fingerprint density at radius 1 is 1.44 bits per heavy atom. The second-order valence-electron chi connectivity index (χ2n) is 5.04. The van der Waals surface area contributed by atoms with E-state index in [9.17, 15) is 4.79 Å². The van der Waals surface area contributed by atoms with Gasteiger partial charge in [0.05, 0.1) is 0 Å². The van der Waals surface area contributed by atoms with Crippen molar-refractivity contribution in [1.29, 1.82) is 0 Å². The van der Waals surface area contributed by atoms with Gasteiger partial charge < -0.3 is 11.1 Å². The quantitative estimate of drug-likeness (QED) is 0.841. The van der Waals surface area contributed by atoms with E-state index in [0.717, 1.165) is 4.47 Å². The van der Waals surface area contributed by atoms with Crippen LogP contribution in [0.25, 0.3) is 0 Å². The van der Waals surface area contributed by atoms with Gasteiger partial charge in [0, 0.05) is 21.8 Å². The predicted octanol–water partition coefficient (Wildman–Crippen LogP) is 3.34. The number of rotatable bonds is 3. The summed E-state index contributed by atoms with van der Waals surface area (Å²) in [5, 5.41) is 3.08. The molecule has 0 saturated heterocycles. The maximum atomic E-state index is 12.1. The molecule has 1 fully saturated rings. The Morgan fingerprint density at radius 3 is 2.72 bits per heavy atom. The van der Waals surface area contributed by atoms with Crippen molar-refractivity contribution in [3.8, 4) is 0 Å². The number of nitrogens with one attached hydrogen (secondary N) is 1. The van der Waals surface area contributed by atoms with E-state index in [1.807, 2.05) is 0 Å². The number of benzene rings is 1. The van der Waals surface area contributed by atoms with Crippen LogP contribution in [0.4, 0.5) is 5.69 Å². The summed E-state index contributed by atoms with van der Waals surface area (Å²) in [4.78, 5) is 12.1. The van der Waals surface area contributed by atoms with E-state index >= 15 is 0 Å². The van der Waals surface area contributed by atoms with Crippen molar-refractivity contribution < 1.29 is 4.79 Å². The molecule has 1 aromatic rings. The number of carbonyl (C=O) groups excluding carboxylic acids is 1. The summed E-state index contributed by atoms with van der Waals surface area (Å²) in [6.07, 6.45) is 5.04. The molecule has 3 nitrogen and oxygen atoms in total. The lowest BCUT2D eigenvalue weighted by Gasteiger charge is -2.20. The minimum atomic E-state index is -0.0184. The Balaban J connectivity index is 2.00. The molecule has 1 saturated carbocycles. The molecule has 0 aromatic heterocycles. The molecule has 0 spiro atoms. The molecule has 98 valence electrons. The van der Waals surface area contributed by atoms with Crippen LogP contribution in [0, 0.1) is 5.92 Å². The zero-order chi connectivity index (χ0) is 13.1. The zero-order valence-corrected chi connectivity index (χ0v) is 12.2. The Kier molecular flexibility index (Phi) is 4.27. The van der Waals surface area contributed by atoms with Gasteiger partial charge in [-0.25, -0.2) is 0 Å². The summed E-state index contributed by atoms with van der Waals surface area (Å²) in [5.41, 5.74) is 7.01. The first kappa shape index (κ1) is 13.4. The molecule has 3 N–H and O–H groups in total. The van der Waals surface area contributed by atoms with Crippen LogP contribution in [0.1, 0.15) is 43.0 Å². The maximum absolute atomic E-state index is 12.1. The Labute approximate surface area is 116 Å². The van der Waals surface area contributed by atoms with E-state index in [4.69, 9.17) is 5.73 Å². The highest BCUT2D eigenvalue weighted by Gasteiger charge is 2.23. The Bertz CT molecular complexity index is 441. The van der Waals surface area contributed by atoms with E-state index in [2.05, 4.69) is 28.2 Å². The SMILES string of the molecule is C[C@H](NC(=O)c1ccc(N)c(Br)c1)C1CCCC1. The summed E-state index contributed by atoms with van der Waals surface area (Å²) in [6, 6.07) is 5.53. The minimum Gasteiger partial charge on any atom is -0.398 e. The number of anilines is 1. The molecule has 1 aliphatic carbocycles. The van der Waals surface area contributed by atoms with Crippen molar-refractivity contribution in [2.75, 3.05) is 5.73 Å². The molecule has 0 bridgehead atoms. The van der Waals surface area contributed by atoms with Crippen LogP contribution in [-0.4, -0.2) is 11.9 Å². The number of nitrogen functional groups attached to an aromatic ring is 1. The van der Waals surface area contributed by atoms with Crippen molar-refractivity contribution in [2.45, 2.75) is 38.6 Å². The van der Waals surface area contributed by atoms with Crippen molar-refractivity contribution in [3.63, 3.8) is 0 Å². The van der Waals surface area contributed by atoms with E-state index < -0.39 is 0 Å². The molecule has 0 aliphatic heterocycles. The van der Waals surface area contributed by atoms with Gasteiger partial charge in [-0.2, -0.15) is 0 Å². The summed E-state index contributed by atoms with van der Waals surface area (Å²) in [6.45, 7) is 2.10. The van der Waals surface area contributed by atoms with Crippen molar-refractivity contribution in [1.82, 2.24) is 5.32 Å². The number of hydrogen-bond acceptors (Lipinski definition) is 2. The fraction of sp³-hybridized carbons (Fsp3) is 0.500. The Hall–Kier alpha value is -1.03. The number of carbonyl (C=O) groups is 1. The molecular formula is C14H19BrN2O. The van der Waals surface area contributed by atoms with Gasteiger partial charge in [-0.15, -0.1) is 0 Å². The predicted molar refractivity (Wildman–Crippen MR) is 77.4 cm³/mol. The molecular weight excluding hydrogens is 292 g/mol. The van der Waals surface area contributed by atoms with Crippen molar-refractivity contribution in [2.24, 2.45) is 5.92 Å². The molecule has 1 atom stereocenters. The molecule has 1 amide bonds. The van der Waals surface area contributed by atoms with Crippen LogP contribution in [0.5, 0.6) is 0 Å². The van der Waals surface area contributed by atoms with Crippen LogP contribution in [0.2, 0.25) is 0 Å². The third kappa shape index (κ3) is 3.05. The first-order valence-corrected chi connectivity index (χ1v) is 7.23. The van der Waals surface area contributed by atoms with Gasteiger partial charge in [-0.1, -0.05) is 12.8 Å². The molecule has 0 radical (unpaired) electrons. The van der Waals surface area contributed by atoms with Crippen LogP contribution in [-0.2, 0) is 0 Å². The smallest absolute Gasteiger partial charge is 0.251 e. The molecule has 0 heterocycles. The van der Waals surface area contributed by atoms with E-state index in [1.165, 1.54) is 25.7 Å². The molecule has 2 rings (SSSR count). The summed E-state index contributed by atoms with van der Waals surface area (Å²) < 4.78 is 0.767. The number of halogens is 1. The normalized spacial score (nSPS) is 17.7. The first-order valence-electron chi connectivity index (χ1n) is 6.44. The number of amides is 1. The fourth-order valence-electron chi connectivity index (χ4n) is 2.53. The standard InChI is InChI=1S/C14H19BrN2O/c1-9(10-4-2-3-5-10)17-14(18)11-6-7-13(16)12(15)8-11/h6-10H,2-5,16H2,1H3,(H,17,18)/t9-/m0/s1. The molecule has 18 heavy (non-hydrogen) atoms. The maximum Gasteiger partial charge on any atom is 0.251 e. The second-order valence-corrected chi connectivity index (χ2v) is 5.90. The van der Waals surface area contributed by atoms with Crippen LogP contribution in [0.15, 0.2) is 22.7 Å². The molecule has 4 heteroatoms. The molecule has 1 aromatic carbocycles. The van der Waals surface area contributed by atoms with Gasteiger partial charge in [-0.3, -0.25) is 4.79 Å². The topological polar surface area (TPSA) is 55.1 Å². The fourth-order valence-corrected chi connectivity index (χ4v) is 2.91. The highest BCUT2D eigenvalue weighted by Crippen LogP contribution is 2.28. The monoisotopic (exact) mass is 310 g/mol. The first-order chi connectivity index (χ1) is 8.58. The third-order valence-corrected chi connectivity index (χ3v) is 4.42. The lowest BCUT2D eigenvalue weighted by molar-refractivity contribution is 0.0927. The van der Waals surface area contributed by atoms with Crippen LogP contribution >= 0.6 is 15.9 Å². The zero-order valence-electron chi connectivity index (χ0n) is 10.6. The van der Waals surface area contributed by atoms with Gasteiger partial charge in [0.1, 0.15) is 0 Å². The molecule has 0 unspecified atom stereocenters. The summed E-state index contributed by atoms with van der Waals surface area (Å²) in [7, 11) is 0. The van der Waals surface area contributed by atoms with E-state index in [1.54, 1.807) is 18.2 Å². The van der Waals surface area contributed by atoms with Gasteiger partial charge in [-0.05, 0) is 59.8 Å². The number of hydrogen-bond donors (Lipinski definition) is 2. The van der Waals surface area contributed by atoms with Gasteiger partial charge in [0.15, 0.2) is 0 Å².